The third-order valence-electron chi connectivity index (χ3n) is 4.61. The number of amides is 2. The molecule has 2 heterocycles. The molecule has 0 saturated carbocycles. The Kier molecular flexibility index (Phi) is 6.64. The van der Waals surface area contributed by atoms with E-state index in [-0.39, 0.29) is 6.03 Å². The van der Waals surface area contributed by atoms with Crippen LogP contribution >= 0.6 is 0 Å². The summed E-state index contributed by atoms with van der Waals surface area (Å²) in [5.74, 6) is 1.82. The molecule has 1 saturated heterocycles. The van der Waals surface area contributed by atoms with Crippen LogP contribution in [-0.2, 0) is 6.54 Å². The summed E-state index contributed by atoms with van der Waals surface area (Å²) in [5.41, 5.74) is 0.0736. The number of carbonyl (C=O) groups excluding carboxylic acids is 1. The van der Waals surface area contributed by atoms with Gasteiger partial charge in [-0.25, -0.2) is 9.78 Å². The van der Waals surface area contributed by atoms with Gasteiger partial charge in [-0.05, 0) is 51.2 Å². The molecular formula is C19H32N4O2. The fraction of sp³-hybridized carbons (Fsp3) is 0.684. The Morgan fingerprint density at radius 3 is 2.60 bits per heavy atom. The van der Waals surface area contributed by atoms with Crippen molar-refractivity contribution in [2.24, 2.45) is 5.92 Å². The van der Waals surface area contributed by atoms with Crippen LogP contribution in [-0.4, -0.2) is 52.8 Å². The third-order valence-corrected chi connectivity index (χ3v) is 4.61. The smallest absolute Gasteiger partial charge is 0.317 e. The van der Waals surface area contributed by atoms with E-state index in [2.05, 4.69) is 22.1 Å². The van der Waals surface area contributed by atoms with Crippen molar-refractivity contribution in [1.82, 2.24) is 15.2 Å². The second-order valence-corrected chi connectivity index (χ2v) is 7.68. The van der Waals surface area contributed by atoms with Crippen LogP contribution in [0, 0.1) is 5.92 Å². The zero-order chi connectivity index (χ0) is 18.4. The van der Waals surface area contributed by atoms with Gasteiger partial charge < -0.3 is 20.2 Å². The zero-order valence-electron chi connectivity index (χ0n) is 16.0. The SMILES string of the molecule is CCN(CC(C)(C)O)C(=O)NCc1ccc(N2CCC(C)CC2)nc1. The molecule has 0 spiro atoms. The van der Waals surface area contributed by atoms with Crippen LogP contribution in [0.5, 0.6) is 0 Å². The maximum atomic E-state index is 12.2. The highest BCUT2D eigenvalue weighted by Crippen LogP contribution is 2.21. The van der Waals surface area contributed by atoms with Crippen molar-refractivity contribution in [1.29, 1.82) is 0 Å². The predicted molar refractivity (Wildman–Crippen MR) is 101 cm³/mol. The average molecular weight is 348 g/mol. The molecule has 140 valence electrons. The number of rotatable bonds is 6. The van der Waals surface area contributed by atoms with Gasteiger partial charge in [-0.1, -0.05) is 13.0 Å². The Morgan fingerprint density at radius 2 is 2.08 bits per heavy atom. The Balaban J connectivity index is 1.85. The number of anilines is 1. The number of hydrogen-bond acceptors (Lipinski definition) is 4. The predicted octanol–water partition coefficient (Wildman–Crippen LogP) is 2.62. The lowest BCUT2D eigenvalue weighted by atomic mass is 9.99. The molecule has 6 nitrogen and oxygen atoms in total. The summed E-state index contributed by atoms with van der Waals surface area (Å²) in [5, 5.41) is 12.8. The summed E-state index contributed by atoms with van der Waals surface area (Å²) < 4.78 is 0. The molecule has 0 radical (unpaired) electrons. The van der Waals surface area contributed by atoms with Crippen molar-refractivity contribution in [2.45, 2.75) is 52.7 Å². The third kappa shape index (κ3) is 6.20. The molecule has 6 heteroatoms. The topological polar surface area (TPSA) is 68.7 Å². The van der Waals surface area contributed by atoms with E-state index in [1.807, 2.05) is 25.3 Å². The van der Waals surface area contributed by atoms with Gasteiger partial charge in [-0.3, -0.25) is 0 Å². The van der Waals surface area contributed by atoms with Crippen LogP contribution in [0.4, 0.5) is 10.6 Å². The summed E-state index contributed by atoms with van der Waals surface area (Å²) in [6.45, 7) is 11.0. The number of nitrogens with one attached hydrogen (secondary N) is 1. The van der Waals surface area contributed by atoms with Gasteiger partial charge in [0.05, 0.1) is 12.1 Å². The largest absolute Gasteiger partial charge is 0.389 e. The van der Waals surface area contributed by atoms with E-state index in [1.165, 1.54) is 12.8 Å². The molecule has 0 aliphatic carbocycles. The quantitative estimate of drug-likeness (QED) is 0.829. The van der Waals surface area contributed by atoms with Gasteiger partial charge in [0.25, 0.3) is 0 Å². The van der Waals surface area contributed by atoms with E-state index in [1.54, 1.807) is 18.7 Å². The number of hydrogen-bond donors (Lipinski definition) is 2. The number of pyridine rings is 1. The van der Waals surface area contributed by atoms with Gasteiger partial charge in [0.15, 0.2) is 0 Å². The van der Waals surface area contributed by atoms with Gasteiger partial charge in [0.2, 0.25) is 0 Å². The molecule has 0 atom stereocenters. The molecule has 0 bridgehead atoms. The highest BCUT2D eigenvalue weighted by Gasteiger charge is 2.21. The lowest BCUT2D eigenvalue weighted by Crippen LogP contribution is -2.46. The minimum atomic E-state index is -0.900. The molecule has 1 aliphatic heterocycles. The number of piperidine rings is 1. The van der Waals surface area contributed by atoms with E-state index < -0.39 is 5.60 Å². The fourth-order valence-corrected chi connectivity index (χ4v) is 3.03. The Morgan fingerprint density at radius 1 is 1.40 bits per heavy atom. The first-order valence-electron chi connectivity index (χ1n) is 9.23. The van der Waals surface area contributed by atoms with Gasteiger partial charge >= 0.3 is 6.03 Å². The number of aliphatic hydroxyl groups is 1. The summed E-state index contributed by atoms with van der Waals surface area (Å²) in [4.78, 5) is 20.7. The maximum Gasteiger partial charge on any atom is 0.317 e. The maximum absolute atomic E-state index is 12.2. The van der Waals surface area contributed by atoms with E-state index in [0.717, 1.165) is 30.4 Å². The van der Waals surface area contributed by atoms with Crippen molar-refractivity contribution >= 4 is 11.8 Å². The fourth-order valence-electron chi connectivity index (χ4n) is 3.03. The van der Waals surface area contributed by atoms with Crippen molar-refractivity contribution in [2.75, 3.05) is 31.1 Å². The van der Waals surface area contributed by atoms with Gasteiger partial charge in [-0.2, -0.15) is 0 Å². The van der Waals surface area contributed by atoms with Crippen LogP contribution < -0.4 is 10.2 Å². The van der Waals surface area contributed by atoms with Crippen molar-refractivity contribution in [3.63, 3.8) is 0 Å². The lowest BCUT2D eigenvalue weighted by molar-refractivity contribution is 0.0480. The summed E-state index contributed by atoms with van der Waals surface area (Å²) in [6, 6.07) is 3.89. The molecule has 1 aliphatic rings. The molecule has 1 fully saturated rings. The number of nitrogens with zero attached hydrogens (tertiary/aromatic N) is 3. The van der Waals surface area contributed by atoms with E-state index >= 15 is 0 Å². The standard InChI is InChI=1S/C19H32N4O2/c1-5-22(14-19(3,4)25)18(24)21-13-16-6-7-17(20-12-16)23-10-8-15(2)9-11-23/h6-7,12,15,25H,5,8-11,13-14H2,1-4H3,(H,21,24). The number of carbonyl (C=O) groups is 1. The first-order chi connectivity index (χ1) is 11.8. The van der Waals surface area contributed by atoms with Crippen molar-refractivity contribution in [3.8, 4) is 0 Å². The normalized spacial score (nSPS) is 16.0. The molecule has 2 rings (SSSR count). The second-order valence-electron chi connectivity index (χ2n) is 7.68. The molecular weight excluding hydrogens is 316 g/mol. The molecule has 0 aromatic carbocycles. The van der Waals surface area contributed by atoms with E-state index in [4.69, 9.17) is 0 Å². The van der Waals surface area contributed by atoms with Crippen molar-refractivity contribution < 1.29 is 9.90 Å². The van der Waals surface area contributed by atoms with E-state index in [0.29, 0.717) is 19.6 Å². The number of aromatic nitrogens is 1. The summed E-state index contributed by atoms with van der Waals surface area (Å²) in [7, 11) is 0. The highest BCUT2D eigenvalue weighted by atomic mass is 16.3. The molecule has 1 aromatic rings. The number of likely N-dealkylation sites (N-methyl/N-ethyl adjacent to an activating group) is 1. The summed E-state index contributed by atoms with van der Waals surface area (Å²) >= 11 is 0. The summed E-state index contributed by atoms with van der Waals surface area (Å²) in [6.07, 6.45) is 4.26. The van der Waals surface area contributed by atoms with Crippen molar-refractivity contribution in [3.05, 3.63) is 23.9 Å². The minimum Gasteiger partial charge on any atom is -0.389 e. The van der Waals surface area contributed by atoms with Crippen LogP contribution in [0.2, 0.25) is 0 Å². The van der Waals surface area contributed by atoms with Crippen LogP contribution in [0.25, 0.3) is 0 Å². The average Bonchev–Trinajstić information content (AvgIpc) is 2.58. The number of urea groups is 1. The Labute approximate surface area is 151 Å². The van der Waals surface area contributed by atoms with Gasteiger partial charge in [0, 0.05) is 32.4 Å². The highest BCUT2D eigenvalue weighted by molar-refractivity contribution is 5.74. The molecule has 2 amide bonds. The van der Waals surface area contributed by atoms with Crippen LogP contribution in [0.1, 0.15) is 46.1 Å². The van der Waals surface area contributed by atoms with Crippen LogP contribution in [0.15, 0.2) is 18.3 Å². The molecule has 2 N–H and O–H groups in total. The van der Waals surface area contributed by atoms with E-state index in [9.17, 15) is 9.90 Å². The first kappa shape index (κ1) is 19.5. The van der Waals surface area contributed by atoms with Gasteiger partial charge in [-0.15, -0.1) is 0 Å². The lowest BCUT2D eigenvalue weighted by Gasteiger charge is -2.31. The zero-order valence-corrected chi connectivity index (χ0v) is 16.0. The monoisotopic (exact) mass is 348 g/mol. The van der Waals surface area contributed by atoms with Gasteiger partial charge in [0.1, 0.15) is 5.82 Å². The Hall–Kier alpha value is -1.82. The minimum absolute atomic E-state index is 0.168. The molecule has 25 heavy (non-hydrogen) atoms. The second kappa shape index (κ2) is 8.52. The first-order valence-corrected chi connectivity index (χ1v) is 9.23. The Bertz CT molecular complexity index is 546. The molecule has 1 aromatic heterocycles. The van der Waals surface area contributed by atoms with Crippen LogP contribution in [0.3, 0.4) is 0 Å². The molecule has 0 unspecified atom stereocenters.